The number of sulfonamides is 1. The van der Waals surface area contributed by atoms with Gasteiger partial charge in [0.15, 0.2) is 0 Å². The molecule has 1 saturated heterocycles. The zero-order valence-electron chi connectivity index (χ0n) is 10.1. The Morgan fingerprint density at radius 1 is 1.59 bits per heavy atom. The molecule has 1 fully saturated rings. The van der Waals surface area contributed by atoms with Gasteiger partial charge in [0.05, 0.1) is 11.1 Å². The fraction of sp³-hybridized carbons (Fsp3) is 0.900. The van der Waals surface area contributed by atoms with Gasteiger partial charge in [0.2, 0.25) is 15.9 Å². The molecule has 0 aromatic heterocycles. The van der Waals surface area contributed by atoms with Crippen LogP contribution in [-0.4, -0.2) is 49.9 Å². The van der Waals surface area contributed by atoms with Gasteiger partial charge in [0.25, 0.3) is 0 Å². The number of piperidine rings is 1. The van der Waals surface area contributed by atoms with Gasteiger partial charge in [-0.05, 0) is 25.7 Å². The van der Waals surface area contributed by atoms with Crippen molar-refractivity contribution in [1.29, 1.82) is 0 Å². The van der Waals surface area contributed by atoms with Gasteiger partial charge in [-0.15, -0.1) is 0 Å². The molecule has 100 valence electrons. The largest absolute Gasteiger partial charge is 0.341 e. The Morgan fingerprint density at radius 2 is 2.24 bits per heavy atom. The van der Waals surface area contributed by atoms with Crippen LogP contribution in [0.2, 0.25) is 0 Å². The first-order valence-electron chi connectivity index (χ1n) is 5.67. The van der Waals surface area contributed by atoms with Crippen molar-refractivity contribution < 1.29 is 13.2 Å². The highest BCUT2D eigenvalue weighted by Crippen LogP contribution is 2.18. The Hall–Kier alpha value is -0.140. The molecule has 1 rings (SSSR count). The molecular weight excluding hydrogens is 308 g/mol. The summed E-state index contributed by atoms with van der Waals surface area (Å²) in [5, 5.41) is 0. The van der Waals surface area contributed by atoms with Gasteiger partial charge >= 0.3 is 0 Å². The van der Waals surface area contributed by atoms with E-state index in [1.54, 1.807) is 11.8 Å². The van der Waals surface area contributed by atoms with Crippen LogP contribution in [-0.2, 0) is 14.8 Å². The standard InChI is InChI=1S/C10H19BrN2O3S/c1-8(11)10(14)13-5-3-4-9(7-13)6-12-17(2,15)16/h8-9,12H,3-7H2,1-2H3. The predicted octanol–water partition coefficient (Wildman–Crippen LogP) is 0.558. The summed E-state index contributed by atoms with van der Waals surface area (Å²) < 4.78 is 24.5. The number of likely N-dealkylation sites (tertiary alicyclic amines) is 1. The van der Waals surface area contributed by atoms with E-state index < -0.39 is 10.0 Å². The van der Waals surface area contributed by atoms with Crippen molar-refractivity contribution in [1.82, 2.24) is 9.62 Å². The highest BCUT2D eigenvalue weighted by molar-refractivity contribution is 9.10. The van der Waals surface area contributed by atoms with Gasteiger partial charge in [-0.25, -0.2) is 13.1 Å². The van der Waals surface area contributed by atoms with Crippen molar-refractivity contribution in [3.63, 3.8) is 0 Å². The molecule has 5 nitrogen and oxygen atoms in total. The number of carbonyl (C=O) groups is 1. The average Bonchev–Trinajstić information content (AvgIpc) is 2.24. The van der Waals surface area contributed by atoms with Crippen LogP contribution in [0.3, 0.4) is 0 Å². The molecule has 0 spiro atoms. The summed E-state index contributed by atoms with van der Waals surface area (Å²) >= 11 is 3.26. The molecule has 2 atom stereocenters. The van der Waals surface area contributed by atoms with Crippen LogP contribution in [0.1, 0.15) is 19.8 Å². The second-order valence-electron chi connectivity index (χ2n) is 4.53. The summed E-state index contributed by atoms with van der Waals surface area (Å²) in [6.45, 7) is 3.63. The molecule has 1 heterocycles. The van der Waals surface area contributed by atoms with Crippen LogP contribution in [0.5, 0.6) is 0 Å². The molecule has 2 unspecified atom stereocenters. The quantitative estimate of drug-likeness (QED) is 0.767. The fourth-order valence-corrected chi connectivity index (χ4v) is 2.78. The molecule has 7 heteroatoms. The summed E-state index contributed by atoms with van der Waals surface area (Å²) in [5.74, 6) is 0.294. The van der Waals surface area contributed by atoms with Gasteiger partial charge in [0, 0.05) is 19.6 Å². The van der Waals surface area contributed by atoms with E-state index in [4.69, 9.17) is 0 Å². The number of rotatable bonds is 4. The van der Waals surface area contributed by atoms with Crippen molar-refractivity contribution in [2.24, 2.45) is 5.92 Å². The monoisotopic (exact) mass is 326 g/mol. The Kier molecular flexibility index (Phi) is 5.40. The van der Waals surface area contributed by atoms with Gasteiger partial charge in [-0.1, -0.05) is 15.9 Å². The Labute approximate surface area is 111 Å². The lowest BCUT2D eigenvalue weighted by atomic mass is 9.98. The predicted molar refractivity (Wildman–Crippen MR) is 70.5 cm³/mol. The van der Waals surface area contributed by atoms with E-state index in [9.17, 15) is 13.2 Å². The second-order valence-corrected chi connectivity index (χ2v) is 7.74. The summed E-state index contributed by atoms with van der Waals surface area (Å²) in [6.07, 6.45) is 3.05. The normalized spacial score (nSPS) is 23.5. The zero-order chi connectivity index (χ0) is 13.1. The van der Waals surface area contributed by atoms with Gasteiger partial charge in [-0.2, -0.15) is 0 Å². The lowest BCUT2D eigenvalue weighted by molar-refractivity contribution is -0.131. The average molecular weight is 327 g/mol. The summed E-state index contributed by atoms with van der Waals surface area (Å²) in [6, 6.07) is 0. The summed E-state index contributed by atoms with van der Waals surface area (Å²) in [7, 11) is -3.14. The van der Waals surface area contributed by atoms with Crippen LogP contribution in [0.15, 0.2) is 0 Å². The maximum absolute atomic E-state index is 11.8. The van der Waals surface area contributed by atoms with Crippen LogP contribution < -0.4 is 4.72 Å². The minimum Gasteiger partial charge on any atom is -0.341 e. The number of halogens is 1. The number of amides is 1. The van der Waals surface area contributed by atoms with Crippen LogP contribution in [0.4, 0.5) is 0 Å². The Balaban J connectivity index is 2.47. The number of nitrogens with zero attached hydrogens (tertiary/aromatic N) is 1. The SMILES string of the molecule is CC(Br)C(=O)N1CCCC(CNS(C)(=O)=O)C1. The Morgan fingerprint density at radius 3 is 2.76 bits per heavy atom. The smallest absolute Gasteiger partial charge is 0.236 e. The van der Waals surface area contributed by atoms with Crippen LogP contribution in [0.25, 0.3) is 0 Å². The molecule has 0 aromatic carbocycles. The molecule has 1 N–H and O–H groups in total. The number of nitrogens with one attached hydrogen (secondary N) is 1. The van der Waals surface area contributed by atoms with Crippen molar-refractivity contribution in [3.05, 3.63) is 0 Å². The first kappa shape index (κ1) is 14.9. The topological polar surface area (TPSA) is 66.5 Å². The first-order chi connectivity index (χ1) is 7.79. The van der Waals surface area contributed by atoms with E-state index in [0.29, 0.717) is 13.1 Å². The third kappa shape index (κ3) is 5.35. The van der Waals surface area contributed by atoms with Gasteiger partial charge in [0.1, 0.15) is 0 Å². The van der Waals surface area contributed by atoms with Crippen molar-refractivity contribution in [2.45, 2.75) is 24.6 Å². The van der Waals surface area contributed by atoms with Crippen molar-refractivity contribution in [2.75, 3.05) is 25.9 Å². The van der Waals surface area contributed by atoms with Crippen LogP contribution in [0, 0.1) is 5.92 Å². The van der Waals surface area contributed by atoms with Crippen molar-refractivity contribution in [3.8, 4) is 0 Å². The van der Waals surface area contributed by atoms with E-state index in [2.05, 4.69) is 20.7 Å². The van der Waals surface area contributed by atoms with E-state index in [-0.39, 0.29) is 16.7 Å². The highest BCUT2D eigenvalue weighted by atomic mass is 79.9. The third-order valence-corrected chi connectivity index (χ3v) is 3.89. The van der Waals surface area contributed by atoms with E-state index >= 15 is 0 Å². The molecule has 1 aliphatic rings. The lowest BCUT2D eigenvalue weighted by Gasteiger charge is -2.33. The van der Waals surface area contributed by atoms with E-state index in [1.165, 1.54) is 0 Å². The lowest BCUT2D eigenvalue weighted by Crippen LogP contribution is -2.45. The first-order valence-corrected chi connectivity index (χ1v) is 8.48. The van der Waals surface area contributed by atoms with Gasteiger partial charge in [-0.3, -0.25) is 4.79 Å². The number of alkyl halides is 1. The molecule has 0 radical (unpaired) electrons. The molecular formula is C10H19BrN2O3S. The highest BCUT2D eigenvalue weighted by Gasteiger charge is 2.25. The minimum atomic E-state index is -3.14. The molecule has 1 aliphatic heterocycles. The molecule has 0 bridgehead atoms. The fourth-order valence-electron chi connectivity index (χ4n) is 1.95. The maximum atomic E-state index is 11.8. The number of hydrogen-bond acceptors (Lipinski definition) is 3. The van der Waals surface area contributed by atoms with Crippen molar-refractivity contribution >= 4 is 31.9 Å². The van der Waals surface area contributed by atoms with E-state index in [0.717, 1.165) is 25.6 Å². The summed E-state index contributed by atoms with van der Waals surface area (Å²) in [4.78, 5) is 13.4. The third-order valence-electron chi connectivity index (χ3n) is 2.81. The molecule has 1 amide bonds. The zero-order valence-corrected chi connectivity index (χ0v) is 12.6. The molecule has 17 heavy (non-hydrogen) atoms. The van der Waals surface area contributed by atoms with Gasteiger partial charge < -0.3 is 4.90 Å². The molecule has 0 saturated carbocycles. The molecule has 0 aliphatic carbocycles. The molecule has 0 aromatic rings. The number of carbonyl (C=O) groups excluding carboxylic acids is 1. The second kappa shape index (κ2) is 6.15. The minimum absolute atomic E-state index is 0.0778. The number of hydrogen-bond donors (Lipinski definition) is 1. The Bertz CT molecular complexity index is 370. The summed E-state index contributed by atoms with van der Waals surface area (Å²) in [5.41, 5.74) is 0. The van der Waals surface area contributed by atoms with E-state index in [1.807, 2.05) is 0 Å². The maximum Gasteiger partial charge on any atom is 0.236 e. The van der Waals surface area contributed by atoms with Crippen LogP contribution >= 0.6 is 15.9 Å².